The molecule has 5 nitrogen and oxygen atoms in total. The van der Waals surface area contributed by atoms with E-state index >= 15 is 0 Å². The van der Waals surface area contributed by atoms with Crippen LogP contribution in [0.2, 0.25) is 0 Å². The van der Waals surface area contributed by atoms with Crippen LogP contribution < -0.4 is 11.1 Å². The fourth-order valence-corrected chi connectivity index (χ4v) is 4.53. The van der Waals surface area contributed by atoms with Gasteiger partial charge in [-0.15, -0.1) is 11.3 Å². The van der Waals surface area contributed by atoms with Crippen molar-refractivity contribution in [3.05, 3.63) is 34.7 Å². The maximum Gasteiger partial charge on any atom is 0.317 e. The number of nitrogens with zero attached hydrogens (tertiary/aromatic N) is 1. The Morgan fingerprint density at radius 3 is 2.58 bits per heavy atom. The Bertz CT molecular complexity index is 763. The highest BCUT2D eigenvalue weighted by molar-refractivity contribution is 7.19. The maximum atomic E-state index is 12.5. The van der Waals surface area contributed by atoms with Gasteiger partial charge in [0.05, 0.1) is 6.04 Å². The van der Waals surface area contributed by atoms with Crippen LogP contribution in [0.5, 0.6) is 0 Å². The van der Waals surface area contributed by atoms with E-state index in [1.165, 1.54) is 20.5 Å². The third-order valence-electron chi connectivity index (χ3n) is 4.80. The van der Waals surface area contributed by atoms with Crippen molar-refractivity contribution in [1.29, 1.82) is 0 Å². The van der Waals surface area contributed by atoms with Crippen molar-refractivity contribution in [3.63, 3.8) is 0 Å². The second kappa shape index (κ2) is 6.81. The molecule has 128 valence electrons. The smallest absolute Gasteiger partial charge is 0.317 e. The van der Waals surface area contributed by atoms with Crippen molar-refractivity contribution < 1.29 is 9.59 Å². The number of likely N-dealkylation sites (tertiary alicyclic amines) is 1. The van der Waals surface area contributed by atoms with Gasteiger partial charge in [0.2, 0.25) is 5.91 Å². The molecule has 1 aliphatic rings. The van der Waals surface area contributed by atoms with E-state index in [0.717, 1.165) is 0 Å². The number of piperidine rings is 1. The molecule has 1 saturated heterocycles. The molecule has 0 radical (unpaired) electrons. The van der Waals surface area contributed by atoms with Crippen LogP contribution in [-0.2, 0) is 4.79 Å². The lowest BCUT2D eigenvalue weighted by atomic mass is 9.96. The lowest BCUT2D eigenvalue weighted by Crippen LogP contribution is -2.46. The first-order valence-electron chi connectivity index (χ1n) is 8.30. The minimum absolute atomic E-state index is 0.0382. The number of amides is 3. The monoisotopic (exact) mass is 345 g/mol. The van der Waals surface area contributed by atoms with Crippen LogP contribution in [0.1, 0.15) is 36.2 Å². The normalized spacial score (nSPS) is 17.0. The molecule has 0 unspecified atom stereocenters. The molecule has 1 aromatic heterocycles. The van der Waals surface area contributed by atoms with Gasteiger partial charge in [-0.25, -0.2) is 4.79 Å². The Kier molecular flexibility index (Phi) is 4.76. The second-order valence-corrected chi connectivity index (χ2v) is 7.51. The van der Waals surface area contributed by atoms with Gasteiger partial charge in [0.1, 0.15) is 0 Å². The number of hydrogen-bond acceptors (Lipinski definition) is 3. The van der Waals surface area contributed by atoms with Crippen molar-refractivity contribution in [2.24, 2.45) is 11.7 Å². The molecule has 0 spiro atoms. The standard InChI is InChI=1S/C18H23N3O2S/c1-11-14-5-3-4-6-15(14)24-16(11)12(2)20-18(23)21-9-7-13(8-10-21)17(19)22/h3-6,12-13H,7-10H2,1-2H3,(H2,19,22)(H,20,23)/t12-/m1/s1. The molecule has 1 aromatic carbocycles. The summed E-state index contributed by atoms with van der Waals surface area (Å²) in [4.78, 5) is 26.7. The number of fused-ring (bicyclic) bond motifs is 1. The summed E-state index contributed by atoms with van der Waals surface area (Å²) in [6.45, 7) is 5.29. The zero-order valence-corrected chi connectivity index (χ0v) is 14.9. The first kappa shape index (κ1) is 16.8. The highest BCUT2D eigenvalue weighted by atomic mass is 32.1. The molecular weight excluding hydrogens is 322 g/mol. The summed E-state index contributed by atoms with van der Waals surface area (Å²) < 4.78 is 1.24. The van der Waals surface area contributed by atoms with E-state index in [2.05, 4.69) is 24.4 Å². The Morgan fingerprint density at radius 1 is 1.29 bits per heavy atom. The lowest BCUT2D eigenvalue weighted by Gasteiger charge is -2.31. The van der Waals surface area contributed by atoms with Crippen molar-refractivity contribution in [3.8, 4) is 0 Å². The van der Waals surface area contributed by atoms with Crippen LogP contribution in [0.3, 0.4) is 0 Å². The summed E-state index contributed by atoms with van der Waals surface area (Å²) in [6.07, 6.45) is 1.30. The molecule has 0 saturated carbocycles. The fraction of sp³-hybridized carbons (Fsp3) is 0.444. The van der Waals surface area contributed by atoms with Gasteiger partial charge in [0.15, 0.2) is 0 Å². The van der Waals surface area contributed by atoms with Gasteiger partial charge >= 0.3 is 6.03 Å². The summed E-state index contributed by atoms with van der Waals surface area (Å²) in [7, 11) is 0. The van der Waals surface area contributed by atoms with E-state index in [1.54, 1.807) is 16.2 Å². The summed E-state index contributed by atoms with van der Waals surface area (Å²) in [5.74, 6) is -0.361. The molecule has 2 aromatic rings. The van der Waals surface area contributed by atoms with Gasteiger partial charge in [-0.05, 0) is 43.7 Å². The number of rotatable bonds is 3. The Labute approximate surface area is 145 Å². The van der Waals surface area contributed by atoms with E-state index < -0.39 is 0 Å². The minimum atomic E-state index is -0.260. The highest BCUT2D eigenvalue weighted by Gasteiger charge is 2.27. The first-order valence-corrected chi connectivity index (χ1v) is 9.11. The average molecular weight is 345 g/mol. The maximum absolute atomic E-state index is 12.5. The largest absolute Gasteiger partial charge is 0.369 e. The zero-order chi connectivity index (χ0) is 17.3. The molecule has 1 fully saturated rings. The molecule has 0 aliphatic carbocycles. The van der Waals surface area contributed by atoms with E-state index in [0.29, 0.717) is 25.9 Å². The molecule has 0 bridgehead atoms. The Hall–Kier alpha value is -2.08. The summed E-state index contributed by atoms with van der Waals surface area (Å²) in [6, 6.07) is 8.20. The lowest BCUT2D eigenvalue weighted by molar-refractivity contribution is -0.123. The number of nitrogens with one attached hydrogen (secondary N) is 1. The van der Waals surface area contributed by atoms with E-state index in [-0.39, 0.29) is 23.9 Å². The second-order valence-electron chi connectivity index (χ2n) is 6.42. The molecule has 1 atom stereocenters. The van der Waals surface area contributed by atoms with Crippen LogP contribution >= 0.6 is 11.3 Å². The van der Waals surface area contributed by atoms with Gasteiger partial charge < -0.3 is 16.0 Å². The number of primary amides is 1. The topological polar surface area (TPSA) is 75.4 Å². The van der Waals surface area contributed by atoms with Crippen molar-refractivity contribution in [2.75, 3.05) is 13.1 Å². The number of carbonyl (C=O) groups excluding carboxylic acids is 2. The molecule has 3 N–H and O–H groups in total. The molecule has 3 amide bonds. The number of hydrogen-bond donors (Lipinski definition) is 2. The van der Waals surface area contributed by atoms with Crippen molar-refractivity contribution >= 4 is 33.4 Å². The number of nitrogens with two attached hydrogens (primary N) is 1. The summed E-state index contributed by atoms with van der Waals surface area (Å²) in [5, 5.41) is 4.34. The summed E-state index contributed by atoms with van der Waals surface area (Å²) >= 11 is 1.73. The SMILES string of the molecule is Cc1c([C@@H](C)NC(=O)N2CCC(C(N)=O)CC2)sc2ccccc12. The van der Waals surface area contributed by atoms with E-state index in [1.807, 2.05) is 19.1 Å². The zero-order valence-electron chi connectivity index (χ0n) is 14.0. The van der Waals surface area contributed by atoms with Gasteiger partial charge in [0.25, 0.3) is 0 Å². The fourth-order valence-electron chi connectivity index (χ4n) is 3.32. The van der Waals surface area contributed by atoms with Crippen molar-refractivity contribution in [1.82, 2.24) is 10.2 Å². The third-order valence-corrected chi connectivity index (χ3v) is 6.25. The molecule has 6 heteroatoms. The van der Waals surface area contributed by atoms with Gasteiger partial charge in [-0.3, -0.25) is 4.79 Å². The molecule has 1 aliphatic heterocycles. The molecular formula is C18H23N3O2S. The number of benzene rings is 1. The van der Waals surface area contributed by atoms with Crippen molar-refractivity contribution in [2.45, 2.75) is 32.7 Å². The van der Waals surface area contributed by atoms with Crippen LogP contribution in [0.15, 0.2) is 24.3 Å². The number of thiophene rings is 1. The average Bonchev–Trinajstić information content (AvgIpc) is 2.92. The third kappa shape index (κ3) is 3.24. The number of urea groups is 1. The predicted molar refractivity (Wildman–Crippen MR) is 97.0 cm³/mol. The highest BCUT2D eigenvalue weighted by Crippen LogP contribution is 2.34. The number of carbonyl (C=O) groups is 2. The first-order chi connectivity index (χ1) is 11.5. The van der Waals surface area contributed by atoms with Crippen LogP contribution in [-0.4, -0.2) is 29.9 Å². The van der Waals surface area contributed by atoms with E-state index in [4.69, 9.17) is 5.73 Å². The minimum Gasteiger partial charge on any atom is -0.369 e. The molecule has 2 heterocycles. The molecule has 3 rings (SSSR count). The van der Waals surface area contributed by atoms with Crippen LogP contribution in [0.4, 0.5) is 4.79 Å². The van der Waals surface area contributed by atoms with Gasteiger partial charge in [-0.1, -0.05) is 18.2 Å². The van der Waals surface area contributed by atoms with Crippen LogP contribution in [0.25, 0.3) is 10.1 Å². The molecule has 24 heavy (non-hydrogen) atoms. The van der Waals surface area contributed by atoms with Gasteiger partial charge in [0, 0.05) is 28.6 Å². The quantitative estimate of drug-likeness (QED) is 0.896. The predicted octanol–water partition coefficient (Wildman–Crippen LogP) is 3.18. The summed E-state index contributed by atoms with van der Waals surface area (Å²) in [5.41, 5.74) is 6.57. The Balaban J connectivity index is 1.66. The van der Waals surface area contributed by atoms with E-state index in [9.17, 15) is 9.59 Å². The van der Waals surface area contributed by atoms with Gasteiger partial charge in [-0.2, -0.15) is 0 Å². The number of aryl methyl sites for hydroxylation is 1. The Morgan fingerprint density at radius 2 is 1.96 bits per heavy atom. The van der Waals surface area contributed by atoms with Crippen LogP contribution in [0, 0.1) is 12.8 Å².